The van der Waals surface area contributed by atoms with Crippen LogP contribution >= 0.6 is 27.5 Å². The molecule has 0 aliphatic rings. The van der Waals surface area contributed by atoms with Crippen LogP contribution in [0.15, 0.2) is 22.7 Å². The highest BCUT2D eigenvalue weighted by Crippen LogP contribution is 2.26. The molecule has 0 saturated heterocycles. The first-order valence-corrected chi connectivity index (χ1v) is 8.04. The molecule has 1 heterocycles. The van der Waals surface area contributed by atoms with E-state index >= 15 is 0 Å². The Kier molecular flexibility index (Phi) is 5.43. The topological polar surface area (TPSA) is 41.1 Å². The van der Waals surface area contributed by atoms with Crippen molar-refractivity contribution in [2.75, 3.05) is 35.7 Å². The normalized spacial score (nSPS) is 10.8. The molecule has 20 heavy (non-hydrogen) atoms. The van der Waals surface area contributed by atoms with Gasteiger partial charge in [-0.05, 0) is 32.0 Å². The van der Waals surface area contributed by atoms with Gasteiger partial charge in [0.1, 0.15) is 5.82 Å². The number of alkyl halides is 1. The average molecular weight is 358 g/mol. The van der Waals surface area contributed by atoms with Crippen LogP contribution in [0.5, 0.6) is 0 Å². The maximum atomic E-state index is 5.77. The number of halogens is 2. The number of hydrogen-bond donors (Lipinski definition) is 1. The van der Waals surface area contributed by atoms with Gasteiger partial charge in [0.2, 0.25) is 5.95 Å². The molecule has 0 unspecified atom stereocenters. The van der Waals surface area contributed by atoms with E-state index < -0.39 is 0 Å². The van der Waals surface area contributed by atoms with Crippen molar-refractivity contribution in [3.05, 3.63) is 22.7 Å². The molecule has 0 spiro atoms. The number of nitrogens with zero attached hydrogens (tertiary/aromatic N) is 3. The quantitative estimate of drug-likeness (QED) is 0.796. The lowest BCUT2D eigenvalue weighted by Crippen LogP contribution is -2.24. The molecule has 0 fully saturated rings. The van der Waals surface area contributed by atoms with Gasteiger partial charge in [-0.25, -0.2) is 4.98 Å². The first kappa shape index (κ1) is 15.3. The van der Waals surface area contributed by atoms with Crippen LogP contribution < -0.4 is 10.2 Å². The molecule has 2 aromatic rings. The van der Waals surface area contributed by atoms with Crippen molar-refractivity contribution in [2.24, 2.45) is 0 Å². The summed E-state index contributed by atoms with van der Waals surface area (Å²) in [6.45, 7) is 6.65. The summed E-state index contributed by atoms with van der Waals surface area (Å²) >= 11 is 9.25. The second-order valence-corrected chi connectivity index (χ2v) is 5.62. The molecule has 6 heteroatoms. The van der Waals surface area contributed by atoms with E-state index in [2.05, 4.69) is 50.0 Å². The molecule has 0 aliphatic heterocycles. The zero-order chi connectivity index (χ0) is 14.5. The van der Waals surface area contributed by atoms with Crippen LogP contribution in [0.3, 0.4) is 0 Å². The van der Waals surface area contributed by atoms with Crippen LogP contribution in [0, 0.1) is 0 Å². The highest BCUT2D eigenvalue weighted by atomic mass is 79.9. The van der Waals surface area contributed by atoms with Gasteiger partial charge in [0, 0.05) is 35.4 Å². The molecule has 1 aromatic carbocycles. The lowest BCUT2D eigenvalue weighted by atomic mass is 10.2. The maximum absolute atomic E-state index is 5.77. The third kappa shape index (κ3) is 3.33. The van der Waals surface area contributed by atoms with E-state index in [4.69, 9.17) is 11.6 Å². The fourth-order valence-electron chi connectivity index (χ4n) is 2.04. The van der Waals surface area contributed by atoms with Crippen LogP contribution in [0.2, 0.25) is 0 Å². The molecule has 0 saturated carbocycles. The van der Waals surface area contributed by atoms with Gasteiger partial charge in [-0.3, -0.25) is 0 Å². The van der Waals surface area contributed by atoms with Crippen LogP contribution in [-0.2, 0) is 0 Å². The summed E-state index contributed by atoms with van der Waals surface area (Å²) in [5, 5.41) is 4.28. The molecule has 108 valence electrons. The Morgan fingerprint density at radius 3 is 2.65 bits per heavy atom. The van der Waals surface area contributed by atoms with Gasteiger partial charge < -0.3 is 10.2 Å². The Morgan fingerprint density at radius 1 is 1.25 bits per heavy atom. The Hall–Kier alpha value is -1.07. The van der Waals surface area contributed by atoms with Gasteiger partial charge in [0.25, 0.3) is 0 Å². The number of anilines is 2. The third-order valence-corrected chi connectivity index (χ3v) is 3.76. The van der Waals surface area contributed by atoms with Crippen LogP contribution in [0.1, 0.15) is 13.8 Å². The first-order valence-electron chi connectivity index (χ1n) is 6.71. The van der Waals surface area contributed by atoms with Crippen LogP contribution in [-0.4, -0.2) is 35.5 Å². The summed E-state index contributed by atoms with van der Waals surface area (Å²) in [5.41, 5.74) is 0.933. The number of rotatable bonds is 6. The second kappa shape index (κ2) is 7.09. The van der Waals surface area contributed by atoms with Crippen molar-refractivity contribution in [3.8, 4) is 0 Å². The third-order valence-electron chi connectivity index (χ3n) is 3.08. The van der Waals surface area contributed by atoms with Crippen molar-refractivity contribution < 1.29 is 0 Å². The smallest absolute Gasteiger partial charge is 0.227 e. The van der Waals surface area contributed by atoms with E-state index in [-0.39, 0.29) is 0 Å². The zero-order valence-electron chi connectivity index (χ0n) is 11.7. The van der Waals surface area contributed by atoms with Crippen molar-refractivity contribution in [1.82, 2.24) is 9.97 Å². The summed E-state index contributed by atoms with van der Waals surface area (Å²) in [6.07, 6.45) is 0. The monoisotopic (exact) mass is 356 g/mol. The second-order valence-electron chi connectivity index (χ2n) is 4.32. The molecular weight excluding hydrogens is 340 g/mol. The molecule has 0 radical (unpaired) electrons. The van der Waals surface area contributed by atoms with E-state index in [1.54, 1.807) is 0 Å². The Morgan fingerprint density at radius 2 is 2.00 bits per heavy atom. The van der Waals surface area contributed by atoms with Gasteiger partial charge in [-0.15, -0.1) is 11.6 Å². The van der Waals surface area contributed by atoms with Gasteiger partial charge >= 0.3 is 0 Å². The zero-order valence-corrected chi connectivity index (χ0v) is 14.0. The standard InChI is InChI=1S/C14H18BrClN4/c1-3-20(4-2)14-18-12-6-5-10(15)9-11(12)13(19-14)17-8-7-16/h5-6,9H,3-4,7-8H2,1-2H3,(H,17,18,19). The number of fused-ring (bicyclic) bond motifs is 1. The average Bonchev–Trinajstić information content (AvgIpc) is 2.46. The van der Waals surface area contributed by atoms with Crippen molar-refractivity contribution in [1.29, 1.82) is 0 Å². The van der Waals surface area contributed by atoms with Crippen molar-refractivity contribution in [3.63, 3.8) is 0 Å². The number of hydrogen-bond acceptors (Lipinski definition) is 4. The summed E-state index contributed by atoms with van der Waals surface area (Å²) < 4.78 is 1.01. The number of nitrogens with one attached hydrogen (secondary N) is 1. The van der Waals surface area contributed by atoms with Gasteiger partial charge in [0.05, 0.1) is 5.52 Å². The summed E-state index contributed by atoms with van der Waals surface area (Å²) in [6, 6.07) is 6.02. The molecule has 0 aliphatic carbocycles. The molecule has 2 rings (SSSR count). The van der Waals surface area contributed by atoms with Gasteiger partial charge in [-0.1, -0.05) is 15.9 Å². The Bertz CT molecular complexity index is 587. The molecular formula is C14H18BrClN4. The fourth-order valence-corrected chi connectivity index (χ4v) is 2.49. The molecule has 0 amide bonds. The molecule has 0 atom stereocenters. The minimum atomic E-state index is 0.542. The van der Waals surface area contributed by atoms with Gasteiger partial charge in [0.15, 0.2) is 0 Å². The van der Waals surface area contributed by atoms with E-state index in [1.807, 2.05) is 18.2 Å². The molecule has 0 bridgehead atoms. The number of benzene rings is 1. The summed E-state index contributed by atoms with van der Waals surface area (Å²) in [5.74, 6) is 2.13. The minimum absolute atomic E-state index is 0.542. The molecule has 1 aromatic heterocycles. The Balaban J connectivity index is 2.54. The largest absolute Gasteiger partial charge is 0.368 e. The fraction of sp³-hybridized carbons (Fsp3) is 0.429. The summed E-state index contributed by atoms with van der Waals surface area (Å²) in [4.78, 5) is 11.4. The van der Waals surface area contributed by atoms with E-state index in [9.17, 15) is 0 Å². The minimum Gasteiger partial charge on any atom is -0.368 e. The Labute approximate surface area is 132 Å². The van der Waals surface area contributed by atoms with Crippen molar-refractivity contribution in [2.45, 2.75) is 13.8 Å². The molecule has 1 N–H and O–H groups in total. The van der Waals surface area contributed by atoms with E-state index in [1.165, 1.54) is 0 Å². The van der Waals surface area contributed by atoms with Crippen molar-refractivity contribution >= 4 is 50.2 Å². The predicted molar refractivity (Wildman–Crippen MR) is 90.0 cm³/mol. The van der Waals surface area contributed by atoms with E-state index in [0.29, 0.717) is 12.4 Å². The maximum Gasteiger partial charge on any atom is 0.227 e. The predicted octanol–water partition coefficient (Wildman–Crippen LogP) is 3.89. The lowest BCUT2D eigenvalue weighted by molar-refractivity contribution is 0.826. The lowest BCUT2D eigenvalue weighted by Gasteiger charge is -2.20. The highest BCUT2D eigenvalue weighted by Gasteiger charge is 2.11. The highest BCUT2D eigenvalue weighted by molar-refractivity contribution is 9.10. The SMILES string of the molecule is CCN(CC)c1nc(NCCCl)c2cc(Br)ccc2n1. The van der Waals surface area contributed by atoms with E-state index in [0.717, 1.165) is 40.2 Å². The first-order chi connectivity index (χ1) is 9.69. The van der Waals surface area contributed by atoms with Gasteiger partial charge in [-0.2, -0.15) is 4.98 Å². The summed E-state index contributed by atoms with van der Waals surface area (Å²) in [7, 11) is 0. The number of aromatic nitrogens is 2. The van der Waals surface area contributed by atoms with Crippen LogP contribution in [0.25, 0.3) is 10.9 Å². The van der Waals surface area contributed by atoms with Crippen LogP contribution in [0.4, 0.5) is 11.8 Å². The molecule has 4 nitrogen and oxygen atoms in total.